The number of hydrogen-bond acceptors (Lipinski definition) is 4. The molecule has 0 saturated carbocycles. The van der Waals surface area contributed by atoms with Crippen molar-refractivity contribution in [2.75, 3.05) is 7.11 Å². The molecule has 1 N–H and O–H groups in total. The molecule has 0 bridgehead atoms. The van der Waals surface area contributed by atoms with Crippen LogP contribution in [0.15, 0.2) is 72.8 Å². The van der Waals surface area contributed by atoms with Gasteiger partial charge in [-0.1, -0.05) is 67.9 Å². The number of hydrogen-bond donors (Lipinski definition) is 1. The predicted octanol–water partition coefficient (Wildman–Crippen LogP) is 8.11. The van der Waals surface area contributed by atoms with E-state index in [0.29, 0.717) is 17.7 Å². The number of rotatable bonds is 8. The quantitative estimate of drug-likeness (QED) is 0.196. The van der Waals surface area contributed by atoms with E-state index in [-0.39, 0.29) is 23.0 Å². The molecule has 4 nitrogen and oxygen atoms in total. The van der Waals surface area contributed by atoms with Gasteiger partial charge in [0.1, 0.15) is 23.9 Å². The van der Waals surface area contributed by atoms with Crippen molar-refractivity contribution in [2.45, 2.75) is 33.3 Å². The van der Waals surface area contributed by atoms with E-state index in [9.17, 15) is 9.90 Å². The Morgan fingerprint density at radius 1 is 1.03 bits per heavy atom. The lowest BCUT2D eigenvalue weighted by molar-refractivity contribution is 0.104. The highest BCUT2D eigenvalue weighted by atomic mass is 35.5. The lowest BCUT2D eigenvalue weighted by Gasteiger charge is -2.17. The third-order valence-electron chi connectivity index (χ3n) is 6.19. The Morgan fingerprint density at radius 2 is 1.81 bits per heavy atom. The van der Waals surface area contributed by atoms with Gasteiger partial charge in [0.25, 0.3) is 0 Å². The van der Waals surface area contributed by atoms with Crippen LogP contribution in [-0.2, 0) is 6.61 Å². The van der Waals surface area contributed by atoms with Gasteiger partial charge in [0.05, 0.1) is 12.7 Å². The van der Waals surface area contributed by atoms with Crippen LogP contribution in [0.4, 0.5) is 0 Å². The van der Waals surface area contributed by atoms with Crippen molar-refractivity contribution >= 4 is 34.2 Å². The number of fused-ring (bicyclic) bond motifs is 1. The van der Waals surface area contributed by atoms with Crippen molar-refractivity contribution in [3.05, 3.63) is 106 Å². The summed E-state index contributed by atoms with van der Waals surface area (Å²) < 4.78 is 11.7. The summed E-state index contributed by atoms with van der Waals surface area (Å²) in [6, 6.07) is 20.5. The summed E-state index contributed by atoms with van der Waals surface area (Å²) in [7, 11) is 1.62. The van der Waals surface area contributed by atoms with Crippen LogP contribution in [0.5, 0.6) is 17.2 Å². The molecule has 0 heterocycles. The molecule has 4 rings (SSSR count). The Hall–Kier alpha value is -3.76. The largest absolute Gasteiger partial charge is 0.507 e. The Bertz CT molecular complexity index is 1450. The zero-order chi connectivity index (χ0) is 25.8. The van der Waals surface area contributed by atoms with Crippen LogP contribution in [0.1, 0.15) is 52.4 Å². The first-order valence-electron chi connectivity index (χ1n) is 11.8. The first-order valence-corrected chi connectivity index (χ1v) is 12.2. The lowest BCUT2D eigenvalue weighted by Crippen LogP contribution is -2.03. The van der Waals surface area contributed by atoms with Crippen LogP contribution in [0.2, 0.25) is 5.02 Å². The van der Waals surface area contributed by atoms with Crippen LogP contribution < -0.4 is 9.47 Å². The van der Waals surface area contributed by atoms with E-state index in [1.54, 1.807) is 25.3 Å². The molecule has 0 spiro atoms. The van der Waals surface area contributed by atoms with Crippen LogP contribution in [0, 0.1) is 6.92 Å². The number of aryl methyl sites for hydroxylation is 1. The molecule has 0 atom stereocenters. The molecule has 0 unspecified atom stereocenters. The Kier molecular flexibility index (Phi) is 7.66. The smallest absolute Gasteiger partial charge is 0.189 e. The second-order valence-electron chi connectivity index (χ2n) is 9.03. The van der Waals surface area contributed by atoms with Gasteiger partial charge in [-0.05, 0) is 71.3 Å². The number of aromatic hydroxyl groups is 1. The second-order valence-corrected chi connectivity index (χ2v) is 9.44. The lowest BCUT2D eigenvalue weighted by atomic mass is 10.0. The fourth-order valence-electron chi connectivity index (χ4n) is 4.13. The van der Waals surface area contributed by atoms with Gasteiger partial charge in [-0.25, -0.2) is 0 Å². The maximum atomic E-state index is 12.9. The van der Waals surface area contributed by atoms with Crippen LogP contribution >= 0.6 is 11.6 Å². The molecule has 0 saturated heterocycles. The van der Waals surface area contributed by atoms with Gasteiger partial charge in [-0.3, -0.25) is 4.79 Å². The minimum absolute atomic E-state index is 0.00853. The van der Waals surface area contributed by atoms with Gasteiger partial charge in [0.15, 0.2) is 5.78 Å². The van der Waals surface area contributed by atoms with E-state index in [0.717, 1.165) is 38.4 Å². The third kappa shape index (κ3) is 5.39. The van der Waals surface area contributed by atoms with Gasteiger partial charge in [0, 0.05) is 16.0 Å². The van der Waals surface area contributed by atoms with E-state index in [1.165, 1.54) is 6.08 Å². The number of ketones is 1. The highest BCUT2D eigenvalue weighted by molar-refractivity contribution is 6.31. The highest BCUT2D eigenvalue weighted by Gasteiger charge is 2.14. The third-order valence-corrected chi connectivity index (χ3v) is 6.60. The van der Waals surface area contributed by atoms with Gasteiger partial charge in [0.2, 0.25) is 0 Å². The Labute approximate surface area is 216 Å². The van der Waals surface area contributed by atoms with Gasteiger partial charge in [-0.2, -0.15) is 0 Å². The van der Waals surface area contributed by atoms with Crippen molar-refractivity contribution in [3.8, 4) is 17.2 Å². The summed E-state index contributed by atoms with van der Waals surface area (Å²) >= 11 is 6.33. The topological polar surface area (TPSA) is 55.8 Å². The van der Waals surface area contributed by atoms with E-state index in [2.05, 4.69) is 13.8 Å². The number of methoxy groups -OCH3 is 1. The summed E-state index contributed by atoms with van der Waals surface area (Å²) in [4.78, 5) is 12.9. The summed E-state index contributed by atoms with van der Waals surface area (Å²) in [6.07, 6.45) is 3.20. The molecule has 0 aliphatic carbocycles. The van der Waals surface area contributed by atoms with Crippen molar-refractivity contribution in [3.63, 3.8) is 0 Å². The summed E-state index contributed by atoms with van der Waals surface area (Å²) in [6.45, 7) is 6.45. The summed E-state index contributed by atoms with van der Waals surface area (Å²) in [5.74, 6) is 1.46. The molecule has 184 valence electrons. The number of allylic oxidation sites excluding steroid dienone is 1. The first-order chi connectivity index (χ1) is 17.3. The van der Waals surface area contributed by atoms with E-state index in [1.807, 2.05) is 61.5 Å². The summed E-state index contributed by atoms with van der Waals surface area (Å²) in [5.41, 5.74) is 3.93. The molecular weight excluding hydrogens is 472 g/mol. The number of halogens is 1. The molecule has 4 aromatic rings. The number of phenols is 1. The normalized spacial score (nSPS) is 11.4. The predicted molar refractivity (Wildman–Crippen MR) is 147 cm³/mol. The van der Waals surface area contributed by atoms with Crippen LogP contribution in [0.25, 0.3) is 16.8 Å². The molecule has 0 fully saturated rings. The SMILES string of the molecule is COc1ccc(/C=C/C(=O)c2ccc3ccccc3c2O)cc1COc1cc(C)c(Cl)cc1C(C)C. The molecular formula is C31H29ClO4. The Morgan fingerprint density at radius 3 is 2.56 bits per heavy atom. The van der Waals surface area contributed by atoms with E-state index >= 15 is 0 Å². The number of carbonyl (C=O) groups is 1. The average Bonchev–Trinajstić information content (AvgIpc) is 2.88. The number of phenolic OH excluding ortho intramolecular Hbond substituents is 1. The van der Waals surface area contributed by atoms with E-state index in [4.69, 9.17) is 21.1 Å². The minimum atomic E-state index is -0.273. The maximum absolute atomic E-state index is 12.9. The average molecular weight is 501 g/mol. The second kappa shape index (κ2) is 10.9. The summed E-state index contributed by atoms with van der Waals surface area (Å²) in [5, 5.41) is 12.9. The zero-order valence-electron chi connectivity index (χ0n) is 20.8. The molecule has 0 amide bonds. The van der Waals surface area contributed by atoms with Crippen molar-refractivity contribution in [1.29, 1.82) is 0 Å². The van der Waals surface area contributed by atoms with Crippen LogP contribution in [-0.4, -0.2) is 18.0 Å². The molecule has 0 radical (unpaired) electrons. The fourth-order valence-corrected chi connectivity index (χ4v) is 4.30. The van der Waals surface area contributed by atoms with Gasteiger partial charge < -0.3 is 14.6 Å². The zero-order valence-corrected chi connectivity index (χ0v) is 21.6. The number of carbonyl (C=O) groups excluding carboxylic acids is 1. The molecule has 4 aromatic carbocycles. The van der Waals surface area contributed by atoms with E-state index < -0.39 is 0 Å². The van der Waals surface area contributed by atoms with Gasteiger partial charge >= 0.3 is 0 Å². The number of benzene rings is 4. The fraction of sp³-hybridized carbons (Fsp3) is 0.194. The van der Waals surface area contributed by atoms with Gasteiger partial charge in [-0.15, -0.1) is 0 Å². The monoisotopic (exact) mass is 500 g/mol. The minimum Gasteiger partial charge on any atom is -0.507 e. The Balaban J connectivity index is 1.57. The van der Waals surface area contributed by atoms with Crippen LogP contribution in [0.3, 0.4) is 0 Å². The molecule has 36 heavy (non-hydrogen) atoms. The molecule has 0 aliphatic heterocycles. The standard InChI is InChI=1S/C31H29ClO4/c1-19(2)26-17-27(32)20(3)15-30(26)36-18-23-16-21(10-14-29(23)35-4)9-13-28(33)25-12-11-22-7-5-6-8-24(22)31(25)34/h5-17,19,34H,18H2,1-4H3/b13-9+. The molecule has 0 aliphatic rings. The molecule has 0 aromatic heterocycles. The highest BCUT2D eigenvalue weighted by Crippen LogP contribution is 2.33. The number of ether oxygens (including phenoxy) is 2. The molecule has 5 heteroatoms. The first kappa shape index (κ1) is 25.3. The maximum Gasteiger partial charge on any atom is 0.189 e. The van der Waals surface area contributed by atoms with Crippen molar-refractivity contribution in [2.24, 2.45) is 0 Å². The van der Waals surface area contributed by atoms with Crippen molar-refractivity contribution in [1.82, 2.24) is 0 Å². The van der Waals surface area contributed by atoms with Crippen molar-refractivity contribution < 1.29 is 19.4 Å².